The van der Waals surface area contributed by atoms with E-state index in [1.807, 2.05) is 4.90 Å². The van der Waals surface area contributed by atoms with Crippen molar-refractivity contribution in [2.75, 3.05) is 18.0 Å². The summed E-state index contributed by atoms with van der Waals surface area (Å²) >= 11 is 5.78. The van der Waals surface area contributed by atoms with Crippen LogP contribution in [0.5, 0.6) is 0 Å². The topological polar surface area (TPSA) is 89.5 Å². The summed E-state index contributed by atoms with van der Waals surface area (Å²) < 4.78 is 0. The maximum atomic E-state index is 11.2. The van der Waals surface area contributed by atoms with E-state index in [-0.39, 0.29) is 17.5 Å². The van der Waals surface area contributed by atoms with E-state index in [9.17, 15) is 14.9 Å². The van der Waals surface area contributed by atoms with Crippen molar-refractivity contribution in [1.82, 2.24) is 0 Å². The van der Waals surface area contributed by atoms with Crippen molar-refractivity contribution in [2.45, 2.75) is 12.8 Å². The van der Waals surface area contributed by atoms with Gasteiger partial charge in [-0.25, -0.2) is 0 Å². The molecule has 19 heavy (non-hydrogen) atoms. The first kappa shape index (κ1) is 13.6. The molecule has 1 aliphatic heterocycles. The number of rotatable bonds is 3. The molecule has 6 nitrogen and oxygen atoms in total. The number of nitrogens with zero attached hydrogens (tertiary/aromatic N) is 2. The van der Waals surface area contributed by atoms with Gasteiger partial charge in [0.15, 0.2) is 0 Å². The van der Waals surface area contributed by atoms with Crippen LogP contribution in [-0.4, -0.2) is 23.9 Å². The van der Waals surface area contributed by atoms with E-state index >= 15 is 0 Å². The summed E-state index contributed by atoms with van der Waals surface area (Å²) in [4.78, 5) is 23.7. The van der Waals surface area contributed by atoms with Gasteiger partial charge >= 0.3 is 0 Å². The molecule has 0 aliphatic carbocycles. The number of nitrogens with two attached hydrogens (primary N) is 1. The van der Waals surface area contributed by atoms with Crippen molar-refractivity contribution in [2.24, 2.45) is 11.7 Å². The summed E-state index contributed by atoms with van der Waals surface area (Å²) in [6.45, 7) is 1.09. The van der Waals surface area contributed by atoms with E-state index in [0.29, 0.717) is 23.8 Å². The number of hydrogen-bond donors (Lipinski definition) is 1. The highest BCUT2D eigenvalue weighted by atomic mass is 35.5. The van der Waals surface area contributed by atoms with Crippen LogP contribution in [0.3, 0.4) is 0 Å². The van der Waals surface area contributed by atoms with Crippen molar-refractivity contribution < 1.29 is 9.72 Å². The van der Waals surface area contributed by atoms with Crippen LogP contribution in [0.2, 0.25) is 5.02 Å². The van der Waals surface area contributed by atoms with Crippen molar-refractivity contribution in [3.63, 3.8) is 0 Å². The minimum atomic E-state index is -0.463. The van der Waals surface area contributed by atoms with Gasteiger partial charge in [0, 0.05) is 24.2 Å². The number of anilines is 1. The molecule has 2 N–H and O–H groups in total. The molecule has 102 valence electrons. The molecule has 1 saturated heterocycles. The normalized spacial score (nSPS) is 19.2. The molecule has 2 rings (SSSR count). The van der Waals surface area contributed by atoms with Crippen LogP contribution < -0.4 is 10.6 Å². The second-order valence-electron chi connectivity index (χ2n) is 4.58. The molecule has 1 fully saturated rings. The van der Waals surface area contributed by atoms with Crippen molar-refractivity contribution >= 4 is 28.9 Å². The lowest BCUT2D eigenvalue weighted by atomic mass is 9.97. The highest BCUT2D eigenvalue weighted by molar-refractivity contribution is 6.30. The zero-order valence-electron chi connectivity index (χ0n) is 10.2. The number of hydrogen-bond acceptors (Lipinski definition) is 4. The molecule has 0 radical (unpaired) electrons. The van der Waals surface area contributed by atoms with Gasteiger partial charge in [-0.15, -0.1) is 0 Å². The van der Waals surface area contributed by atoms with E-state index in [2.05, 4.69) is 0 Å². The Kier molecular flexibility index (Phi) is 3.90. The molecule has 0 saturated carbocycles. The molecular weight excluding hydrogens is 270 g/mol. The molecule has 1 heterocycles. The first-order valence-electron chi connectivity index (χ1n) is 5.97. The second kappa shape index (κ2) is 5.44. The minimum absolute atomic E-state index is 0.0439. The molecular formula is C12H14ClN3O3. The molecule has 0 spiro atoms. The van der Waals surface area contributed by atoms with E-state index in [0.717, 1.165) is 12.8 Å². The van der Waals surface area contributed by atoms with E-state index in [1.165, 1.54) is 6.07 Å². The Balaban J connectivity index is 2.30. The van der Waals surface area contributed by atoms with Crippen LogP contribution in [-0.2, 0) is 4.79 Å². The highest BCUT2D eigenvalue weighted by Crippen LogP contribution is 2.33. The second-order valence-corrected chi connectivity index (χ2v) is 5.01. The molecule has 7 heteroatoms. The lowest BCUT2D eigenvalue weighted by Crippen LogP contribution is -2.41. The van der Waals surface area contributed by atoms with Crippen LogP contribution in [0, 0.1) is 16.0 Å². The Hall–Kier alpha value is -1.82. The van der Waals surface area contributed by atoms with Crippen LogP contribution in [0.25, 0.3) is 0 Å². The predicted octanol–water partition coefficient (Wildman–Crippen LogP) is 1.95. The average Bonchev–Trinajstić information content (AvgIpc) is 2.38. The predicted molar refractivity (Wildman–Crippen MR) is 72.2 cm³/mol. The fourth-order valence-electron chi connectivity index (χ4n) is 2.34. The first-order valence-corrected chi connectivity index (χ1v) is 6.35. The Morgan fingerprint density at radius 2 is 2.26 bits per heavy atom. The summed E-state index contributed by atoms with van der Waals surface area (Å²) in [6, 6.07) is 4.55. The lowest BCUT2D eigenvalue weighted by Gasteiger charge is -2.32. The van der Waals surface area contributed by atoms with Crippen molar-refractivity contribution in [3.05, 3.63) is 33.3 Å². The number of primary amides is 1. The highest BCUT2D eigenvalue weighted by Gasteiger charge is 2.28. The SMILES string of the molecule is NC(=O)[C@H]1CCCN(c2ccc(Cl)cc2[N+](=O)[O-])C1. The van der Waals surface area contributed by atoms with Gasteiger partial charge < -0.3 is 10.6 Å². The number of nitro benzene ring substituents is 1. The number of halogens is 1. The monoisotopic (exact) mass is 283 g/mol. The molecule has 1 aromatic carbocycles. The van der Waals surface area contributed by atoms with Crippen molar-refractivity contribution in [3.8, 4) is 0 Å². The molecule has 0 aromatic heterocycles. The number of carbonyl (C=O) groups excluding carboxylic acids is 1. The maximum absolute atomic E-state index is 11.2. The number of nitro groups is 1. The third-order valence-electron chi connectivity index (χ3n) is 3.30. The van der Waals surface area contributed by atoms with Crippen LogP contribution in [0.1, 0.15) is 12.8 Å². The summed E-state index contributed by atoms with van der Waals surface area (Å²) in [5.74, 6) is -0.620. The van der Waals surface area contributed by atoms with Gasteiger partial charge in [-0.3, -0.25) is 14.9 Å². The fraction of sp³-hybridized carbons (Fsp3) is 0.417. The summed E-state index contributed by atoms with van der Waals surface area (Å²) in [5, 5.41) is 11.4. The summed E-state index contributed by atoms with van der Waals surface area (Å²) in [5.41, 5.74) is 5.75. The Labute approximate surface area is 115 Å². The van der Waals surface area contributed by atoms with Crippen LogP contribution >= 0.6 is 11.6 Å². The molecule has 1 aliphatic rings. The molecule has 1 amide bonds. The van der Waals surface area contributed by atoms with Crippen LogP contribution in [0.4, 0.5) is 11.4 Å². The number of benzene rings is 1. The molecule has 1 aromatic rings. The number of carbonyl (C=O) groups is 1. The standard InChI is InChI=1S/C12H14ClN3O3/c13-9-3-4-10(11(6-9)16(18)19)15-5-1-2-8(7-15)12(14)17/h3-4,6,8H,1-2,5,7H2,(H2,14,17)/t8-/m0/s1. The van der Waals surface area contributed by atoms with Gasteiger partial charge in [0.1, 0.15) is 5.69 Å². The third kappa shape index (κ3) is 2.96. The summed E-state index contributed by atoms with van der Waals surface area (Å²) in [7, 11) is 0. The van der Waals surface area contributed by atoms with Gasteiger partial charge in [-0.1, -0.05) is 11.6 Å². The Morgan fingerprint density at radius 1 is 1.53 bits per heavy atom. The van der Waals surface area contributed by atoms with Gasteiger partial charge in [0.2, 0.25) is 5.91 Å². The number of amides is 1. The molecule has 0 bridgehead atoms. The van der Waals surface area contributed by atoms with Crippen LogP contribution in [0.15, 0.2) is 18.2 Å². The third-order valence-corrected chi connectivity index (χ3v) is 3.53. The minimum Gasteiger partial charge on any atom is -0.369 e. The van der Waals surface area contributed by atoms with Gasteiger partial charge in [0.25, 0.3) is 5.69 Å². The fourth-order valence-corrected chi connectivity index (χ4v) is 2.50. The Bertz CT molecular complexity index is 521. The lowest BCUT2D eigenvalue weighted by molar-refractivity contribution is -0.384. The summed E-state index contributed by atoms with van der Waals surface area (Å²) in [6.07, 6.45) is 1.51. The smallest absolute Gasteiger partial charge is 0.294 e. The van der Waals surface area contributed by atoms with Gasteiger partial charge in [-0.05, 0) is 25.0 Å². The van der Waals surface area contributed by atoms with Gasteiger partial charge in [-0.2, -0.15) is 0 Å². The van der Waals surface area contributed by atoms with E-state index in [4.69, 9.17) is 17.3 Å². The largest absolute Gasteiger partial charge is 0.369 e. The Morgan fingerprint density at radius 3 is 2.89 bits per heavy atom. The zero-order valence-corrected chi connectivity index (χ0v) is 11.0. The zero-order chi connectivity index (χ0) is 14.0. The van der Waals surface area contributed by atoms with E-state index < -0.39 is 4.92 Å². The van der Waals surface area contributed by atoms with E-state index in [1.54, 1.807) is 12.1 Å². The maximum Gasteiger partial charge on any atom is 0.294 e. The first-order chi connectivity index (χ1) is 8.99. The number of piperidine rings is 1. The van der Waals surface area contributed by atoms with Crippen molar-refractivity contribution in [1.29, 1.82) is 0 Å². The average molecular weight is 284 g/mol. The molecule has 0 unspecified atom stereocenters. The quantitative estimate of drug-likeness (QED) is 0.678. The molecule has 1 atom stereocenters. The van der Waals surface area contributed by atoms with Gasteiger partial charge in [0.05, 0.1) is 10.8 Å².